The molecule has 3 nitrogen and oxygen atoms in total. The maximum atomic E-state index is 5.56. The second kappa shape index (κ2) is 7.85. The van der Waals surface area contributed by atoms with Crippen molar-refractivity contribution < 1.29 is 4.74 Å². The van der Waals surface area contributed by atoms with Gasteiger partial charge in [0.1, 0.15) is 0 Å². The van der Waals surface area contributed by atoms with Gasteiger partial charge in [0.25, 0.3) is 0 Å². The van der Waals surface area contributed by atoms with Gasteiger partial charge < -0.3 is 10.1 Å². The molecule has 0 aliphatic rings. The topological polar surface area (TPSA) is 34.1 Å². The molecular weight excluding hydrogens is 212 g/mol. The number of pyridine rings is 1. The molecule has 1 heterocycles. The molecule has 17 heavy (non-hydrogen) atoms. The van der Waals surface area contributed by atoms with Crippen molar-refractivity contribution in [2.24, 2.45) is 0 Å². The van der Waals surface area contributed by atoms with E-state index in [2.05, 4.69) is 23.8 Å². The number of nitrogens with zero attached hydrogens (tertiary/aromatic N) is 1. The van der Waals surface area contributed by atoms with Crippen LogP contribution in [-0.4, -0.2) is 18.1 Å². The highest BCUT2D eigenvalue weighted by Gasteiger charge is 1.98. The predicted molar refractivity (Wildman–Crippen MR) is 71.2 cm³/mol. The van der Waals surface area contributed by atoms with Crippen LogP contribution in [-0.2, 0) is 6.54 Å². The average Bonchev–Trinajstić information content (AvgIpc) is 2.29. The lowest BCUT2D eigenvalue weighted by Gasteiger charge is -2.07. The molecule has 0 spiro atoms. The molecule has 1 aromatic heterocycles. The second-order valence-electron chi connectivity index (χ2n) is 4.20. The molecule has 0 aromatic carbocycles. The average molecular weight is 234 g/mol. The summed E-state index contributed by atoms with van der Waals surface area (Å²) >= 11 is 0. The van der Waals surface area contributed by atoms with Crippen LogP contribution < -0.4 is 10.1 Å². The Balaban J connectivity index is 2.39. The molecule has 0 fully saturated rings. The summed E-state index contributed by atoms with van der Waals surface area (Å²) in [5, 5.41) is 3.32. The summed E-state index contributed by atoms with van der Waals surface area (Å²) in [5.41, 5.74) is 2.15. The molecule has 94 valence electrons. The predicted octanol–water partition coefficient (Wildman–Crippen LogP) is 2.93. The van der Waals surface area contributed by atoms with Crippen LogP contribution in [0.5, 0.6) is 5.88 Å². The third-order valence-corrected chi connectivity index (χ3v) is 2.29. The minimum Gasteiger partial charge on any atom is -0.477 e. The molecule has 0 amide bonds. The maximum Gasteiger partial charge on any atom is 0.213 e. The Hall–Kier alpha value is -1.35. The number of ether oxygens (including phenoxy) is 1. The molecule has 0 radical (unpaired) electrons. The first-order valence-electron chi connectivity index (χ1n) is 6.16. The zero-order valence-electron chi connectivity index (χ0n) is 10.8. The number of hydrogen-bond donors (Lipinski definition) is 1. The zero-order chi connectivity index (χ0) is 12.5. The maximum absolute atomic E-state index is 5.56. The van der Waals surface area contributed by atoms with Crippen molar-refractivity contribution in [1.82, 2.24) is 10.3 Å². The number of aromatic nitrogens is 1. The van der Waals surface area contributed by atoms with Crippen molar-refractivity contribution >= 4 is 0 Å². The van der Waals surface area contributed by atoms with Crippen LogP contribution in [0.4, 0.5) is 0 Å². The first kappa shape index (κ1) is 13.7. The monoisotopic (exact) mass is 234 g/mol. The zero-order valence-corrected chi connectivity index (χ0v) is 10.8. The van der Waals surface area contributed by atoms with Crippen molar-refractivity contribution in [2.75, 3.05) is 13.2 Å². The van der Waals surface area contributed by atoms with Crippen molar-refractivity contribution in [3.63, 3.8) is 0 Å². The van der Waals surface area contributed by atoms with Gasteiger partial charge in [-0.15, -0.1) is 6.58 Å². The molecule has 1 N–H and O–H groups in total. The lowest BCUT2D eigenvalue weighted by Crippen LogP contribution is -2.15. The first-order chi connectivity index (χ1) is 8.22. The molecule has 0 aliphatic heterocycles. The Labute approximate surface area is 104 Å². The fourth-order valence-electron chi connectivity index (χ4n) is 1.36. The van der Waals surface area contributed by atoms with Crippen LogP contribution in [0, 0.1) is 0 Å². The van der Waals surface area contributed by atoms with Gasteiger partial charge >= 0.3 is 0 Å². The van der Waals surface area contributed by atoms with E-state index in [1.165, 1.54) is 0 Å². The molecule has 0 unspecified atom stereocenters. The van der Waals surface area contributed by atoms with Crippen LogP contribution in [0.25, 0.3) is 0 Å². The molecule has 1 aromatic rings. The highest BCUT2D eigenvalue weighted by Crippen LogP contribution is 2.08. The Bertz CT molecular complexity index is 350. The van der Waals surface area contributed by atoms with Gasteiger partial charge in [0.15, 0.2) is 0 Å². The summed E-state index contributed by atoms with van der Waals surface area (Å²) < 4.78 is 5.56. The highest BCUT2D eigenvalue weighted by molar-refractivity contribution is 5.15. The minimum absolute atomic E-state index is 0.647. The molecule has 0 saturated heterocycles. The molecule has 0 atom stereocenters. The van der Waals surface area contributed by atoms with Gasteiger partial charge in [-0.3, -0.25) is 0 Å². The normalized spacial score (nSPS) is 10.2. The number of rotatable bonds is 8. The summed E-state index contributed by atoms with van der Waals surface area (Å²) in [6.07, 6.45) is 2.01. The summed E-state index contributed by atoms with van der Waals surface area (Å²) in [7, 11) is 0. The molecule has 0 bridgehead atoms. The highest BCUT2D eigenvalue weighted by atomic mass is 16.5. The van der Waals surface area contributed by atoms with E-state index in [0.29, 0.717) is 12.5 Å². The van der Waals surface area contributed by atoms with Gasteiger partial charge in [0.2, 0.25) is 5.88 Å². The van der Waals surface area contributed by atoms with E-state index in [4.69, 9.17) is 4.74 Å². The first-order valence-corrected chi connectivity index (χ1v) is 6.16. The van der Waals surface area contributed by atoms with Crippen molar-refractivity contribution in [1.29, 1.82) is 0 Å². The van der Waals surface area contributed by atoms with Gasteiger partial charge in [-0.2, -0.15) is 0 Å². The van der Waals surface area contributed by atoms with E-state index in [9.17, 15) is 0 Å². The second-order valence-corrected chi connectivity index (χ2v) is 4.20. The van der Waals surface area contributed by atoms with E-state index in [1.54, 1.807) is 0 Å². The lowest BCUT2D eigenvalue weighted by molar-refractivity contribution is 0.308. The van der Waals surface area contributed by atoms with Crippen LogP contribution in [0.2, 0.25) is 0 Å². The lowest BCUT2D eigenvalue weighted by atomic mass is 10.3. The van der Waals surface area contributed by atoms with E-state index >= 15 is 0 Å². The third kappa shape index (κ3) is 6.07. The quantitative estimate of drug-likeness (QED) is 0.554. The number of nitrogens with one attached hydrogen (secondary N) is 1. The van der Waals surface area contributed by atoms with E-state index < -0.39 is 0 Å². The van der Waals surface area contributed by atoms with Crippen molar-refractivity contribution in [3.05, 3.63) is 36.0 Å². The Morgan fingerprint density at radius 2 is 2.29 bits per heavy atom. The summed E-state index contributed by atoms with van der Waals surface area (Å²) in [6, 6.07) is 5.88. The Morgan fingerprint density at radius 1 is 1.47 bits per heavy atom. The van der Waals surface area contributed by atoms with Crippen LogP contribution in [0.15, 0.2) is 30.4 Å². The van der Waals surface area contributed by atoms with E-state index in [1.807, 2.05) is 25.1 Å². The fourth-order valence-corrected chi connectivity index (χ4v) is 1.36. The van der Waals surface area contributed by atoms with Crippen molar-refractivity contribution in [2.45, 2.75) is 33.2 Å². The van der Waals surface area contributed by atoms with Crippen LogP contribution >= 0.6 is 0 Å². The molecule has 3 heteroatoms. The molecular formula is C14H22N2O. The van der Waals surface area contributed by atoms with Gasteiger partial charge in [-0.25, -0.2) is 4.98 Å². The molecule has 1 rings (SSSR count). The van der Waals surface area contributed by atoms with Gasteiger partial charge in [0, 0.05) is 19.0 Å². The summed E-state index contributed by atoms with van der Waals surface area (Å²) in [5.74, 6) is 0.696. The fraction of sp³-hybridized carbons (Fsp3) is 0.500. The SMILES string of the molecule is C=C(C)CCOc1cccc(CNCCC)n1. The van der Waals surface area contributed by atoms with E-state index in [-0.39, 0.29) is 0 Å². The van der Waals surface area contributed by atoms with Gasteiger partial charge in [0.05, 0.1) is 12.3 Å². The Kier molecular flexibility index (Phi) is 6.33. The third-order valence-electron chi connectivity index (χ3n) is 2.29. The van der Waals surface area contributed by atoms with Crippen molar-refractivity contribution in [3.8, 4) is 5.88 Å². The summed E-state index contributed by atoms with van der Waals surface area (Å²) in [6.45, 7) is 10.5. The minimum atomic E-state index is 0.647. The van der Waals surface area contributed by atoms with Crippen LogP contribution in [0.3, 0.4) is 0 Å². The molecule has 0 saturated carbocycles. The largest absolute Gasteiger partial charge is 0.477 e. The van der Waals surface area contributed by atoms with E-state index in [0.717, 1.165) is 37.2 Å². The number of hydrogen-bond acceptors (Lipinski definition) is 3. The van der Waals surface area contributed by atoms with Gasteiger partial charge in [-0.05, 0) is 26.0 Å². The molecule has 0 aliphatic carbocycles. The summed E-state index contributed by atoms with van der Waals surface area (Å²) in [4.78, 5) is 4.43. The van der Waals surface area contributed by atoms with Gasteiger partial charge in [-0.1, -0.05) is 18.6 Å². The van der Waals surface area contributed by atoms with Crippen LogP contribution in [0.1, 0.15) is 32.4 Å². The standard InChI is InChI=1S/C14H22N2O/c1-4-9-15-11-13-6-5-7-14(16-13)17-10-8-12(2)3/h5-7,15H,2,4,8-11H2,1,3H3. The Morgan fingerprint density at radius 3 is 3.00 bits per heavy atom. The smallest absolute Gasteiger partial charge is 0.213 e.